The molecule has 1 fully saturated rings. The molecule has 2 rings (SSSR count). The number of ether oxygens (including phenoxy) is 1. The number of nitrogens with one attached hydrogen (secondary N) is 1. The van der Waals surface area contributed by atoms with Crippen molar-refractivity contribution in [2.24, 2.45) is 0 Å². The Balaban J connectivity index is 0.00000242. The second-order valence-corrected chi connectivity index (χ2v) is 5.36. The lowest BCUT2D eigenvalue weighted by Crippen LogP contribution is -2.54. The molecule has 1 aromatic carbocycles. The predicted octanol–water partition coefficient (Wildman–Crippen LogP) is 2.11. The van der Waals surface area contributed by atoms with Gasteiger partial charge < -0.3 is 15.0 Å². The highest BCUT2D eigenvalue weighted by atomic mass is 35.5. The summed E-state index contributed by atoms with van der Waals surface area (Å²) in [7, 11) is 3.18. The highest BCUT2D eigenvalue weighted by Gasteiger charge is 2.41. The molecule has 1 aliphatic heterocycles. The van der Waals surface area contributed by atoms with Crippen LogP contribution in [0.25, 0.3) is 0 Å². The SMILES string of the molecule is COC1(C(=O)N(C)Cc2ccc(F)c(F)c2)CCNCC1.Cl. The van der Waals surface area contributed by atoms with Crippen molar-refractivity contribution in [3.63, 3.8) is 0 Å². The first kappa shape index (κ1) is 18.8. The first-order valence-electron chi connectivity index (χ1n) is 6.94. The zero-order chi connectivity index (χ0) is 15.5. The molecule has 124 valence electrons. The van der Waals surface area contributed by atoms with Gasteiger partial charge in [0.1, 0.15) is 5.60 Å². The van der Waals surface area contributed by atoms with E-state index in [0.29, 0.717) is 18.4 Å². The number of hydrogen-bond donors (Lipinski definition) is 1. The maximum atomic E-state index is 13.2. The largest absolute Gasteiger partial charge is 0.368 e. The quantitative estimate of drug-likeness (QED) is 0.917. The Morgan fingerprint density at radius 1 is 1.32 bits per heavy atom. The van der Waals surface area contributed by atoms with Crippen molar-refractivity contribution in [1.29, 1.82) is 0 Å². The molecular formula is C15H21ClF2N2O2. The topological polar surface area (TPSA) is 41.6 Å². The lowest BCUT2D eigenvalue weighted by atomic mass is 9.90. The van der Waals surface area contributed by atoms with E-state index in [2.05, 4.69) is 5.32 Å². The number of hydrogen-bond acceptors (Lipinski definition) is 3. The number of piperidine rings is 1. The van der Waals surface area contributed by atoms with E-state index in [0.717, 1.165) is 25.2 Å². The molecule has 0 bridgehead atoms. The Bertz CT molecular complexity index is 522. The smallest absolute Gasteiger partial charge is 0.254 e. The van der Waals surface area contributed by atoms with Crippen molar-refractivity contribution in [2.45, 2.75) is 25.0 Å². The van der Waals surface area contributed by atoms with E-state index in [1.807, 2.05) is 0 Å². The number of benzene rings is 1. The molecule has 0 unspecified atom stereocenters. The molecule has 1 amide bonds. The molecule has 0 spiro atoms. The van der Waals surface area contributed by atoms with Crippen LogP contribution in [0.4, 0.5) is 8.78 Å². The maximum absolute atomic E-state index is 13.2. The monoisotopic (exact) mass is 334 g/mol. The van der Waals surface area contributed by atoms with E-state index >= 15 is 0 Å². The van der Waals surface area contributed by atoms with Crippen LogP contribution >= 0.6 is 12.4 Å². The first-order valence-corrected chi connectivity index (χ1v) is 6.94. The Labute approximate surface area is 135 Å². The number of rotatable bonds is 4. The molecule has 0 aliphatic carbocycles. The molecule has 0 atom stereocenters. The van der Waals surface area contributed by atoms with Crippen molar-refractivity contribution in [2.75, 3.05) is 27.2 Å². The van der Waals surface area contributed by atoms with Gasteiger partial charge in [-0.1, -0.05) is 6.07 Å². The van der Waals surface area contributed by atoms with Crippen LogP contribution in [0.3, 0.4) is 0 Å². The summed E-state index contributed by atoms with van der Waals surface area (Å²) in [5.41, 5.74) is -0.275. The fourth-order valence-corrected chi connectivity index (χ4v) is 2.67. The highest BCUT2D eigenvalue weighted by molar-refractivity contribution is 5.85. The van der Waals surface area contributed by atoms with E-state index in [9.17, 15) is 13.6 Å². The molecule has 1 heterocycles. The molecule has 0 radical (unpaired) electrons. The van der Waals surface area contributed by atoms with Gasteiger partial charge in [-0.25, -0.2) is 8.78 Å². The van der Waals surface area contributed by atoms with Gasteiger partial charge in [-0.3, -0.25) is 4.79 Å². The number of carbonyl (C=O) groups excluding carboxylic acids is 1. The summed E-state index contributed by atoms with van der Waals surface area (Å²) in [4.78, 5) is 14.1. The Morgan fingerprint density at radius 3 is 2.50 bits per heavy atom. The Kier molecular flexibility index (Phi) is 6.71. The van der Waals surface area contributed by atoms with Crippen molar-refractivity contribution in [3.8, 4) is 0 Å². The summed E-state index contributed by atoms with van der Waals surface area (Å²) in [5, 5.41) is 3.19. The number of nitrogens with zero attached hydrogens (tertiary/aromatic N) is 1. The molecule has 0 aromatic heterocycles. The molecular weight excluding hydrogens is 314 g/mol. The van der Waals surface area contributed by atoms with Crippen LogP contribution in [-0.2, 0) is 16.1 Å². The van der Waals surface area contributed by atoms with Crippen molar-refractivity contribution < 1.29 is 18.3 Å². The van der Waals surface area contributed by atoms with Gasteiger partial charge in [0.2, 0.25) is 0 Å². The van der Waals surface area contributed by atoms with Gasteiger partial charge >= 0.3 is 0 Å². The van der Waals surface area contributed by atoms with Crippen molar-refractivity contribution >= 4 is 18.3 Å². The van der Waals surface area contributed by atoms with Crippen molar-refractivity contribution in [3.05, 3.63) is 35.4 Å². The van der Waals surface area contributed by atoms with Crippen LogP contribution in [0, 0.1) is 11.6 Å². The molecule has 7 heteroatoms. The van der Waals surface area contributed by atoms with Gasteiger partial charge in [0.25, 0.3) is 5.91 Å². The van der Waals surface area contributed by atoms with Crippen LogP contribution in [0.15, 0.2) is 18.2 Å². The Morgan fingerprint density at radius 2 is 1.95 bits per heavy atom. The van der Waals surface area contributed by atoms with Crippen LogP contribution in [0.1, 0.15) is 18.4 Å². The van der Waals surface area contributed by atoms with Crippen LogP contribution in [0.2, 0.25) is 0 Å². The summed E-state index contributed by atoms with van der Waals surface area (Å²) >= 11 is 0. The summed E-state index contributed by atoms with van der Waals surface area (Å²) < 4.78 is 31.6. The molecule has 4 nitrogen and oxygen atoms in total. The van der Waals surface area contributed by atoms with E-state index in [1.54, 1.807) is 7.05 Å². The number of carbonyl (C=O) groups is 1. The fraction of sp³-hybridized carbons (Fsp3) is 0.533. The molecule has 1 saturated heterocycles. The minimum atomic E-state index is -0.906. The van der Waals surface area contributed by atoms with Gasteiger partial charge in [-0.15, -0.1) is 12.4 Å². The normalized spacial score (nSPS) is 16.7. The van der Waals surface area contributed by atoms with Gasteiger partial charge in [-0.2, -0.15) is 0 Å². The van der Waals surface area contributed by atoms with Gasteiger partial charge in [0.15, 0.2) is 11.6 Å². The van der Waals surface area contributed by atoms with Crippen LogP contribution < -0.4 is 5.32 Å². The molecule has 1 aromatic rings. The summed E-state index contributed by atoms with van der Waals surface area (Å²) in [6.07, 6.45) is 1.20. The standard InChI is InChI=1S/C15H20F2N2O2.ClH/c1-19(10-11-3-4-12(16)13(17)9-11)14(20)15(21-2)5-7-18-8-6-15;/h3-4,9,18H,5-8,10H2,1-2H3;1H. The van der Waals surface area contributed by atoms with E-state index in [-0.39, 0.29) is 24.9 Å². The fourth-order valence-electron chi connectivity index (χ4n) is 2.67. The van der Waals surface area contributed by atoms with Crippen LogP contribution in [-0.4, -0.2) is 43.7 Å². The summed E-state index contributed by atoms with van der Waals surface area (Å²) in [6.45, 7) is 1.66. The molecule has 0 saturated carbocycles. The maximum Gasteiger partial charge on any atom is 0.254 e. The lowest BCUT2D eigenvalue weighted by molar-refractivity contribution is -0.157. The number of methoxy groups -OCH3 is 1. The second-order valence-electron chi connectivity index (χ2n) is 5.36. The Hall–Kier alpha value is -1.24. The second kappa shape index (κ2) is 7.85. The number of amides is 1. The van der Waals surface area contributed by atoms with E-state index in [1.165, 1.54) is 18.1 Å². The average Bonchev–Trinajstić information content (AvgIpc) is 2.50. The summed E-state index contributed by atoms with van der Waals surface area (Å²) in [5.74, 6) is -1.92. The molecule has 22 heavy (non-hydrogen) atoms. The highest BCUT2D eigenvalue weighted by Crippen LogP contribution is 2.25. The first-order chi connectivity index (χ1) is 9.98. The third kappa shape index (κ3) is 3.94. The minimum Gasteiger partial charge on any atom is -0.368 e. The zero-order valence-corrected chi connectivity index (χ0v) is 13.5. The average molecular weight is 335 g/mol. The predicted molar refractivity (Wildman–Crippen MR) is 81.9 cm³/mol. The number of likely N-dealkylation sites (N-methyl/N-ethyl adjacent to an activating group) is 1. The van der Waals surface area contributed by atoms with E-state index in [4.69, 9.17) is 4.74 Å². The molecule has 1 N–H and O–H groups in total. The van der Waals surface area contributed by atoms with Gasteiger partial charge in [-0.05, 0) is 43.6 Å². The van der Waals surface area contributed by atoms with Gasteiger partial charge in [0, 0.05) is 20.7 Å². The van der Waals surface area contributed by atoms with Gasteiger partial charge in [0.05, 0.1) is 0 Å². The third-order valence-corrected chi connectivity index (χ3v) is 3.94. The van der Waals surface area contributed by atoms with E-state index < -0.39 is 17.2 Å². The number of halogens is 3. The molecule has 1 aliphatic rings. The minimum absolute atomic E-state index is 0. The summed E-state index contributed by atoms with van der Waals surface area (Å²) in [6, 6.07) is 3.66. The van der Waals surface area contributed by atoms with Crippen molar-refractivity contribution in [1.82, 2.24) is 10.2 Å². The lowest BCUT2D eigenvalue weighted by Gasteiger charge is -2.37. The van der Waals surface area contributed by atoms with Crippen LogP contribution in [0.5, 0.6) is 0 Å². The third-order valence-electron chi connectivity index (χ3n) is 3.94. The zero-order valence-electron chi connectivity index (χ0n) is 12.7.